The van der Waals surface area contributed by atoms with E-state index < -0.39 is 30.2 Å². The van der Waals surface area contributed by atoms with E-state index in [1.54, 1.807) is 24.3 Å². The molecule has 238 valence electrons. The molecule has 1 nitrogen and oxygen atoms in total. The minimum absolute atomic E-state index is 0.0671. The molecule has 0 aliphatic heterocycles. The van der Waals surface area contributed by atoms with E-state index in [9.17, 15) is 4.11 Å². The first kappa shape index (κ1) is 22.1. The second-order valence-electron chi connectivity index (χ2n) is 12.6. The average molecular weight is 657 g/mol. The fourth-order valence-corrected chi connectivity index (χ4v) is 7.38. The number of rotatable bonds is 5. The number of furan rings is 1. The molecule has 0 aliphatic carbocycles. The maximum Gasteiger partial charge on any atom is 0.136 e. The summed E-state index contributed by atoms with van der Waals surface area (Å²) in [5.41, 5.74) is 6.68. The Morgan fingerprint density at radius 1 is 0.353 bits per heavy atom. The Labute approximate surface area is 307 Å². The van der Waals surface area contributed by atoms with Crippen LogP contribution in [0.5, 0.6) is 0 Å². The van der Waals surface area contributed by atoms with Gasteiger partial charge in [0.15, 0.2) is 0 Å². The molecule has 0 bridgehead atoms. The molecule has 0 saturated heterocycles. The molecule has 1 aromatic heterocycles. The van der Waals surface area contributed by atoms with Gasteiger partial charge >= 0.3 is 0 Å². The van der Waals surface area contributed by atoms with Crippen LogP contribution < -0.4 is 0 Å². The molecule has 0 atom stereocenters. The van der Waals surface area contributed by atoms with E-state index in [1.165, 1.54) is 0 Å². The van der Waals surface area contributed by atoms with Crippen molar-refractivity contribution < 1.29 is 15.4 Å². The molecule has 0 radical (unpaired) electrons. The molecule has 0 fully saturated rings. The first-order valence-electron chi connectivity index (χ1n) is 20.9. The van der Waals surface area contributed by atoms with E-state index >= 15 is 0 Å². The molecule has 0 amide bonds. The summed E-state index contributed by atoms with van der Waals surface area (Å²) in [4.78, 5) is 0. The molecule has 0 unspecified atom stereocenters. The van der Waals surface area contributed by atoms with Gasteiger partial charge < -0.3 is 4.42 Å². The Morgan fingerprint density at radius 2 is 0.902 bits per heavy atom. The zero-order valence-electron chi connectivity index (χ0n) is 35.3. The Balaban J connectivity index is 1.33. The van der Waals surface area contributed by atoms with Crippen molar-refractivity contribution in [2.75, 3.05) is 0 Å². The van der Waals surface area contributed by atoms with Crippen LogP contribution >= 0.6 is 0 Å². The van der Waals surface area contributed by atoms with Gasteiger partial charge in [-0.15, -0.1) is 0 Å². The van der Waals surface area contributed by atoms with Crippen LogP contribution in [0.1, 0.15) is 11.0 Å². The summed E-state index contributed by atoms with van der Waals surface area (Å²) >= 11 is 0. The van der Waals surface area contributed by atoms with E-state index in [1.807, 2.05) is 84.9 Å². The second-order valence-corrected chi connectivity index (χ2v) is 12.6. The maximum atomic E-state index is 9.89. The summed E-state index contributed by atoms with van der Waals surface area (Å²) in [5, 5.41) is 5.16. The highest BCUT2D eigenvalue weighted by Gasteiger charge is 2.21. The highest BCUT2D eigenvalue weighted by atomic mass is 16.3. The molecule has 10 rings (SSSR count). The third-order valence-electron chi connectivity index (χ3n) is 9.62. The van der Waals surface area contributed by atoms with Gasteiger partial charge in [0.2, 0.25) is 0 Å². The molecule has 0 N–H and O–H groups in total. The second kappa shape index (κ2) is 12.0. The van der Waals surface area contributed by atoms with Crippen molar-refractivity contribution in [2.24, 2.45) is 0 Å². The van der Waals surface area contributed by atoms with Crippen LogP contribution in [0.25, 0.3) is 99.1 Å². The Hall–Kier alpha value is -6.70. The van der Waals surface area contributed by atoms with E-state index in [2.05, 4.69) is 36.4 Å². The van der Waals surface area contributed by atoms with Crippen LogP contribution in [0.2, 0.25) is 0 Å². The van der Waals surface area contributed by atoms with Crippen molar-refractivity contribution in [1.29, 1.82) is 0 Å². The van der Waals surface area contributed by atoms with E-state index in [0.717, 1.165) is 65.7 Å². The quantitative estimate of drug-likeness (QED) is 0.168. The predicted molar refractivity (Wildman–Crippen MR) is 216 cm³/mol. The third kappa shape index (κ3) is 4.94. The van der Waals surface area contributed by atoms with Gasteiger partial charge in [-0.05, 0) is 114 Å². The van der Waals surface area contributed by atoms with Gasteiger partial charge in [0, 0.05) is 10.8 Å². The molecule has 0 saturated carbocycles. The van der Waals surface area contributed by atoms with Crippen molar-refractivity contribution in [3.63, 3.8) is 0 Å². The smallest absolute Gasteiger partial charge is 0.136 e. The van der Waals surface area contributed by atoms with E-state index in [0.29, 0.717) is 11.1 Å². The Kier molecular flexibility index (Phi) is 5.21. The highest BCUT2D eigenvalue weighted by Crippen LogP contribution is 2.48. The molecular formula is C50H32O. The zero-order valence-corrected chi connectivity index (χ0v) is 27.3. The normalized spacial score (nSPS) is 13.7. The molecular weight excluding hydrogens is 617 g/mol. The van der Waals surface area contributed by atoms with Crippen LogP contribution in [0.4, 0.5) is 0 Å². The fraction of sp³-hybridized carbons (Fsp3) is 0. The van der Waals surface area contributed by atoms with Crippen LogP contribution in [0.3, 0.4) is 0 Å². The lowest BCUT2D eigenvalue weighted by Gasteiger charge is -2.19. The largest absolute Gasteiger partial charge is 0.456 e. The van der Waals surface area contributed by atoms with Crippen molar-refractivity contribution in [1.82, 2.24) is 0 Å². The van der Waals surface area contributed by atoms with Gasteiger partial charge in [-0.25, -0.2) is 0 Å². The van der Waals surface area contributed by atoms with Crippen molar-refractivity contribution >= 4 is 43.5 Å². The first-order chi connectivity index (χ1) is 28.7. The highest BCUT2D eigenvalue weighted by molar-refractivity contribution is 6.25. The van der Waals surface area contributed by atoms with Crippen molar-refractivity contribution in [3.05, 3.63) is 194 Å². The van der Waals surface area contributed by atoms with Crippen molar-refractivity contribution in [3.8, 4) is 55.6 Å². The predicted octanol–water partition coefficient (Wildman–Crippen LogP) is 14.2. The lowest BCUT2D eigenvalue weighted by atomic mass is 9.83. The van der Waals surface area contributed by atoms with Crippen molar-refractivity contribution in [2.45, 2.75) is 0 Å². The minimum Gasteiger partial charge on any atom is -0.456 e. The SMILES string of the molecule is [2H]c1c([2H])c([2H])c(-c2c([2H])c(-c3ccccc3)c([2H])c(-c3c4ccccc4c(-c4cccc5oc6cc(-c7ccccc7)ccc6c45)c4ccccc34)c2[2H])c([2H])c1[2H]. The number of fused-ring (bicyclic) bond motifs is 5. The summed E-state index contributed by atoms with van der Waals surface area (Å²) in [5.74, 6) is 0. The zero-order chi connectivity index (χ0) is 40.7. The standard InChI is InChI=1S/C50H32O/c1-4-15-33(16-5-1)36-27-28-44-47(32-36)51-46-26-14-25-45(50(44)46)49-42-23-12-10-21-40(42)48(41-22-11-13-24-43(41)49)39-30-37(34-17-6-2-7-18-34)29-38(31-39)35-19-8-3-9-20-35/h1-32H/i2D,6D,7D,17D,18D,29D,30D,31D. The average Bonchev–Trinajstić information content (AvgIpc) is 3.65. The van der Waals surface area contributed by atoms with Gasteiger partial charge in [0.05, 0.1) is 11.0 Å². The summed E-state index contributed by atoms with van der Waals surface area (Å²) < 4.78 is 78.9. The summed E-state index contributed by atoms with van der Waals surface area (Å²) in [6.45, 7) is 0. The molecule has 9 aromatic carbocycles. The summed E-state index contributed by atoms with van der Waals surface area (Å²) in [7, 11) is 0. The fourth-order valence-electron chi connectivity index (χ4n) is 7.38. The van der Waals surface area contributed by atoms with Gasteiger partial charge in [0.25, 0.3) is 0 Å². The van der Waals surface area contributed by atoms with Gasteiger partial charge in [-0.1, -0.05) is 158 Å². The Bertz CT molecular complexity index is 3270. The monoisotopic (exact) mass is 656 g/mol. The summed E-state index contributed by atoms with van der Waals surface area (Å²) in [6.07, 6.45) is 0. The van der Waals surface area contributed by atoms with Gasteiger partial charge in [-0.2, -0.15) is 0 Å². The Morgan fingerprint density at radius 3 is 1.55 bits per heavy atom. The third-order valence-corrected chi connectivity index (χ3v) is 9.62. The molecule has 1 heterocycles. The maximum absolute atomic E-state index is 9.89. The summed E-state index contributed by atoms with van der Waals surface area (Å²) in [6, 6.07) is 44.0. The number of benzene rings is 9. The van der Waals surface area contributed by atoms with E-state index in [-0.39, 0.29) is 40.4 Å². The van der Waals surface area contributed by atoms with Gasteiger partial charge in [-0.3, -0.25) is 0 Å². The number of hydrogen-bond acceptors (Lipinski definition) is 1. The molecule has 10 aromatic rings. The van der Waals surface area contributed by atoms with Crippen LogP contribution in [-0.4, -0.2) is 0 Å². The topological polar surface area (TPSA) is 13.1 Å². The minimum atomic E-state index is -0.563. The van der Waals surface area contributed by atoms with Crippen LogP contribution in [-0.2, 0) is 0 Å². The first-order valence-corrected chi connectivity index (χ1v) is 16.9. The molecule has 1 heteroatoms. The molecule has 51 heavy (non-hydrogen) atoms. The van der Waals surface area contributed by atoms with E-state index in [4.69, 9.17) is 11.3 Å². The molecule has 0 spiro atoms. The van der Waals surface area contributed by atoms with Crippen LogP contribution in [0, 0.1) is 0 Å². The lowest BCUT2D eigenvalue weighted by molar-refractivity contribution is 0.669. The van der Waals surface area contributed by atoms with Gasteiger partial charge in [0.1, 0.15) is 11.2 Å². The molecule has 0 aliphatic rings. The number of hydrogen-bond donors (Lipinski definition) is 0. The van der Waals surface area contributed by atoms with Crippen LogP contribution in [0.15, 0.2) is 198 Å². The lowest BCUT2D eigenvalue weighted by Crippen LogP contribution is -1.92.